The fourth-order valence-corrected chi connectivity index (χ4v) is 1.45. The Morgan fingerprint density at radius 3 is 2.81 bits per heavy atom. The summed E-state index contributed by atoms with van der Waals surface area (Å²) in [4.78, 5) is 10.8. The molecule has 2 N–H and O–H groups in total. The highest BCUT2D eigenvalue weighted by molar-refractivity contribution is 5.74. The van der Waals surface area contributed by atoms with Gasteiger partial charge in [-0.05, 0) is 12.5 Å². The molecule has 16 heavy (non-hydrogen) atoms. The van der Waals surface area contributed by atoms with E-state index in [1.807, 2.05) is 0 Å². The number of halogens is 1. The van der Waals surface area contributed by atoms with E-state index in [0.717, 1.165) is 0 Å². The van der Waals surface area contributed by atoms with E-state index in [4.69, 9.17) is 9.94 Å². The number of hydrogen-bond donors (Lipinski definition) is 2. The molecule has 0 aromatic heterocycles. The van der Waals surface area contributed by atoms with E-state index in [2.05, 4.69) is 0 Å². The zero-order valence-corrected chi connectivity index (χ0v) is 8.94. The van der Waals surface area contributed by atoms with Crippen molar-refractivity contribution >= 4 is 5.91 Å². The highest BCUT2D eigenvalue weighted by Gasteiger charge is 2.15. The van der Waals surface area contributed by atoms with Gasteiger partial charge >= 0.3 is 0 Å². The predicted octanol–water partition coefficient (Wildman–Crippen LogP) is 1.80. The van der Waals surface area contributed by atoms with E-state index in [1.54, 1.807) is 18.2 Å². The number of hydrogen-bond acceptors (Lipinski definition) is 3. The zero-order valence-electron chi connectivity index (χ0n) is 8.94. The lowest BCUT2D eigenvalue weighted by Gasteiger charge is -2.15. The largest absolute Gasteiger partial charge is 0.377 e. The van der Waals surface area contributed by atoms with Crippen LogP contribution in [0, 0.1) is 5.82 Å². The molecule has 0 spiro atoms. The molecule has 0 aliphatic heterocycles. The van der Waals surface area contributed by atoms with Crippen molar-refractivity contribution in [3.8, 4) is 0 Å². The molecule has 0 radical (unpaired) electrons. The third-order valence-corrected chi connectivity index (χ3v) is 2.29. The number of carbonyl (C=O) groups excluding carboxylic acids is 1. The molecule has 0 aliphatic carbocycles. The second-order valence-corrected chi connectivity index (χ2v) is 3.32. The monoisotopic (exact) mass is 227 g/mol. The molecule has 0 fully saturated rings. The number of hydroxylamine groups is 1. The van der Waals surface area contributed by atoms with Crippen molar-refractivity contribution in [3.05, 3.63) is 35.6 Å². The molecule has 4 nitrogen and oxygen atoms in total. The third-order valence-electron chi connectivity index (χ3n) is 2.29. The van der Waals surface area contributed by atoms with Gasteiger partial charge in [0, 0.05) is 19.1 Å². The molecular weight excluding hydrogens is 213 g/mol. The molecule has 1 amide bonds. The van der Waals surface area contributed by atoms with Gasteiger partial charge in [0.1, 0.15) is 5.82 Å². The average Bonchev–Trinajstić information content (AvgIpc) is 2.31. The number of benzene rings is 1. The van der Waals surface area contributed by atoms with Gasteiger partial charge in [-0.15, -0.1) is 0 Å². The lowest BCUT2D eigenvalue weighted by atomic mass is 10.0. The molecule has 0 aliphatic rings. The van der Waals surface area contributed by atoms with Crippen molar-refractivity contribution in [2.75, 3.05) is 7.11 Å². The average molecular weight is 227 g/mol. The Kier molecular flexibility index (Phi) is 4.88. The third kappa shape index (κ3) is 3.29. The van der Waals surface area contributed by atoms with E-state index < -0.39 is 12.0 Å². The summed E-state index contributed by atoms with van der Waals surface area (Å²) in [6.45, 7) is 0. The van der Waals surface area contributed by atoms with Gasteiger partial charge < -0.3 is 4.74 Å². The minimum absolute atomic E-state index is 0.0728. The fourth-order valence-electron chi connectivity index (χ4n) is 1.45. The molecule has 1 aromatic carbocycles. The summed E-state index contributed by atoms with van der Waals surface area (Å²) in [5, 5.41) is 8.33. The van der Waals surface area contributed by atoms with Crippen LogP contribution in [0.4, 0.5) is 4.39 Å². The van der Waals surface area contributed by atoms with Crippen molar-refractivity contribution in [2.45, 2.75) is 18.9 Å². The van der Waals surface area contributed by atoms with Crippen molar-refractivity contribution in [1.82, 2.24) is 5.48 Å². The first-order chi connectivity index (χ1) is 7.69. The summed E-state index contributed by atoms with van der Waals surface area (Å²) in [5.74, 6) is -0.878. The van der Waals surface area contributed by atoms with Crippen LogP contribution in [0.1, 0.15) is 24.5 Å². The normalized spacial score (nSPS) is 12.2. The highest BCUT2D eigenvalue weighted by Crippen LogP contribution is 2.24. The van der Waals surface area contributed by atoms with Crippen LogP contribution in [0.15, 0.2) is 24.3 Å². The van der Waals surface area contributed by atoms with Crippen LogP contribution in [0.3, 0.4) is 0 Å². The van der Waals surface area contributed by atoms with E-state index in [9.17, 15) is 9.18 Å². The molecule has 0 heterocycles. The molecule has 1 rings (SSSR count). The molecule has 1 atom stereocenters. The summed E-state index contributed by atoms with van der Waals surface area (Å²) >= 11 is 0. The minimum atomic E-state index is -0.515. The van der Waals surface area contributed by atoms with E-state index in [-0.39, 0.29) is 12.2 Å². The number of amides is 1. The Balaban J connectivity index is 2.68. The first kappa shape index (κ1) is 12.6. The van der Waals surface area contributed by atoms with Crippen LogP contribution in [0.25, 0.3) is 0 Å². The lowest BCUT2D eigenvalue weighted by Crippen LogP contribution is -2.19. The summed E-state index contributed by atoms with van der Waals surface area (Å²) in [7, 11) is 1.45. The maximum atomic E-state index is 13.4. The van der Waals surface area contributed by atoms with E-state index >= 15 is 0 Å². The van der Waals surface area contributed by atoms with E-state index in [1.165, 1.54) is 18.7 Å². The second-order valence-electron chi connectivity index (χ2n) is 3.32. The second kappa shape index (κ2) is 6.19. The Morgan fingerprint density at radius 1 is 1.56 bits per heavy atom. The molecule has 88 valence electrons. The van der Waals surface area contributed by atoms with Gasteiger partial charge in [0.25, 0.3) is 0 Å². The van der Waals surface area contributed by atoms with Crippen LogP contribution in [0.2, 0.25) is 0 Å². The molecule has 0 bridgehead atoms. The molecule has 1 unspecified atom stereocenters. The summed E-state index contributed by atoms with van der Waals surface area (Å²) in [6.07, 6.45) is -0.105. The summed E-state index contributed by atoms with van der Waals surface area (Å²) in [6, 6.07) is 6.25. The molecular formula is C11H14FNO3. The minimum Gasteiger partial charge on any atom is -0.377 e. The van der Waals surface area contributed by atoms with Crippen molar-refractivity contribution in [3.63, 3.8) is 0 Å². The maximum absolute atomic E-state index is 13.4. The van der Waals surface area contributed by atoms with E-state index in [0.29, 0.717) is 12.0 Å². The Morgan fingerprint density at radius 2 is 2.25 bits per heavy atom. The van der Waals surface area contributed by atoms with Crippen molar-refractivity contribution in [2.24, 2.45) is 0 Å². The lowest BCUT2D eigenvalue weighted by molar-refractivity contribution is -0.129. The maximum Gasteiger partial charge on any atom is 0.243 e. The first-order valence-corrected chi connectivity index (χ1v) is 4.89. The van der Waals surface area contributed by atoms with Crippen molar-refractivity contribution in [1.29, 1.82) is 0 Å². The number of methoxy groups -OCH3 is 1. The number of nitrogens with one attached hydrogen (secondary N) is 1. The topological polar surface area (TPSA) is 58.6 Å². The standard InChI is InChI=1S/C11H14FNO3/c1-16-10(6-7-11(14)13-15)8-4-2-3-5-9(8)12/h2-5,10,15H,6-7H2,1H3,(H,13,14). The Bertz CT molecular complexity index is 357. The van der Waals surface area contributed by atoms with Crippen LogP contribution < -0.4 is 5.48 Å². The van der Waals surface area contributed by atoms with Gasteiger partial charge in [0.15, 0.2) is 0 Å². The smallest absolute Gasteiger partial charge is 0.243 e. The van der Waals surface area contributed by atoms with Crippen molar-refractivity contribution < 1.29 is 19.1 Å². The Hall–Kier alpha value is -1.46. The van der Waals surface area contributed by atoms with Gasteiger partial charge in [-0.25, -0.2) is 9.87 Å². The summed E-state index contributed by atoms with van der Waals surface area (Å²) in [5.41, 5.74) is 1.93. The molecule has 0 saturated heterocycles. The Labute approximate surface area is 93.0 Å². The molecule has 0 saturated carbocycles. The van der Waals surface area contributed by atoms with Gasteiger partial charge in [0.05, 0.1) is 6.10 Å². The highest BCUT2D eigenvalue weighted by atomic mass is 19.1. The summed E-state index contributed by atoms with van der Waals surface area (Å²) < 4.78 is 18.5. The van der Waals surface area contributed by atoms with Gasteiger partial charge in [-0.3, -0.25) is 10.0 Å². The van der Waals surface area contributed by atoms with Gasteiger partial charge in [-0.1, -0.05) is 18.2 Å². The fraction of sp³-hybridized carbons (Fsp3) is 0.364. The van der Waals surface area contributed by atoms with Crippen LogP contribution in [0.5, 0.6) is 0 Å². The quantitative estimate of drug-likeness (QED) is 0.595. The zero-order chi connectivity index (χ0) is 12.0. The van der Waals surface area contributed by atoms with Crippen LogP contribution in [-0.4, -0.2) is 18.2 Å². The molecule has 5 heteroatoms. The number of ether oxygens (including phenoxy) is 1. The number of rotatable bonds is 5. The number of carbonyl (C=O) groups is 1. The first-order valence-electron chi connectivity index (χ1n) is 4.89. The van der Waals surface area contributed by atoms with Crippen LogP contribution >= 0.6 is 0 Å². The van der Waals surface area contributed by atoms with Crippen LogP contribution in [-0.2, 0) is 9.53 Å². The van der Waals surface area contributed by atoms with Gasteiger partial charge in [-0.2, -0.15) is 0 Å². The molecule has 1 aromatic rings. The van der Waals surface area contributed by atoms with Gasteiger partial charge in [0.2, 0.25) is 5.91 Å². The SMILES string of the molecule is COC(CCC(=O)NO)c1ccccc1F. The predicted molar refractivity (Wildman–Crippen MR) is 55.3 cm³/mol.